The van der Waals surface area contributed by atoms with Gasteiger partial charge in [-0.1, -0.05) is 18.2 Å². The average Bonchev–Trinajstić information content (AvgIpc) is 2.61. The number of benzene rings is 2. The van der Waals surface area contributed by atoms with Crippen molar-refractivity contribution in [3.63, 3.8) is 0 Å². The van der Waals surface area contributed by atoms with Crippen molar-refractivity contribution >= 4 is 23.3 Å². The van der Waals surface area contributed by atoms with Crippen LogP contribution >= 0.6 is 0 Å². The Balaban J connectivity index is 1.64. The van der Waals surface area contributed by atoms with Gasteiger partial charge in [0, 0.05) is 24.1 Å². The summed E-state index contributed by atoms with van der Waals surface area (Å²) < 4.78 is 12.8. The highest BCUT2D eigenvalue weighted by atomic mass is 19.1. The smallest absolute Gasteiger partial charge is 0.243 e. The van der Waals surface area contributed by atoms with E-state index >= 15 is 0 Å². The summed E-state index contributed by atoms with van der Waals surface area (Å²) in [6.45, 7) is -0.125. The predicted octanol–water partition coefficient (Wildman–Crippen LogP) is 2.93. The highest BCUT2D eigenvalue weighted by Crippen LogP contribution is 2.08. The van der Waals surface area contributed by atoms with E-state index in [9.17, 15) is 18.8 Å². The summed E-state index contributed by atoms with van der Waals surface area (Å²) in [6, 6.07) is 14.2. The molecule has 0 heterocycles. The van der Waals surface area contributed by atoms with Gasteiger partial charge in [0.2, 0.25) is 11.8 Å². The lowest BCUT2D eigenvalue weighted by atomic mass is 10.1. The van der Waals surface area contributed by atoms with Crippen molar-refractivity contribution in [2.45, 2.75) is 19.3 Å². The van der Waals surface area contributed by atoms with Crippen LogP contribution in [0.5, 0.6) is 0 Å². The fourth-order valence-electron chi connectivity index (χ4n) is 2.18. The third-order valence-corrected chi connectivity index (χ3v) is 3.48. The molecule has 2 rings (SSSR count). The summed E-state index contributed by atoms with van der Waals surface area (Å²) in [7, 11) is 0. The molecular weight excluding hydrogens is 323 g/mol. The molecule has 2 N–H and O–H groups in total. The number of Topliss-reactive ketones (excluding diaryl/α,β-unsaturated/α-hetero) is 1. The van der Waals surface area contributed by atoms with E-state index in [1.807, 2.05) is 6.07 Å². The Morgan fingerprint density at radius 1 is 0.840 bits per heavy atom. The summed E-state index contributed by atoms with van der Waals surface area (Å²) in [5.41, 5.74) is 1.08. The Bertz CT molecular complexity index is 730. The molecule has 0 spiro atoms. The monoisotopic (exact) mass is 342 g/mol. The zero-order valence-electron chi connectivity index (χ0n) is 13.6. The first kappa shape index (κ1) is 18.3. The van der Waals surface area contributed by atoms with E-state index in [2.05, 4.69) is 10.6 Å². The van der Waals surface area contributed by atoms with Crippen molar-refractivity contribution in [2.75, 3.05) is 11.9 Å². The molecule has 5 nitrogen and oxygen atoms in total. The molecule has 0 aliphatic heterocycles. The van der Waals surface area contributed by atoms with Crippen LogP contribution in [0.25, 0.3) is 0 Å². The maximum absolute atomic E-state index is 12.8. The lowest BCUT2D eigenvalue weighted by Gasteiger charge is -2.07. The Morgan fingerprint density at radius 3 is 2.20 bits per heavy atom. The van der Waals surface area contributed by atoms with Crippen molar-refractivity contribution in [1.82, 2.24) is 5.32 Å². The van der Waals surface area contributed by atoms with E-state index in [-0.39, 0.29) is 37.0 Å². The number of amides is 2. The van der Waals surface area contributed by atoms with E-state index < -0.39 is 5.82 Å². The third-order valence-electron chi connectivity index (χ3n) is 3.48. The third kappa shape index (κ3) is 6.55. The molecule has 0 aliphatic rings. The standard InChI is InChI=1S/C19H19FN2O3/c20-15-11-9-14(10-12-15)17(23)7-4-8-18(24)21-13-19(25)22-16-5-2-1-3-6-16/h1-3,5-6,9-12H,4,7-8,13H2,(H,21,24)(H,22,25). The van der Waals surface area contributed by atoms with E-state index in [4.69, 9.17) is 0 Å². The van der Waals surface area contributed by atoms with Crippen LogP contribution in [0.3, 0.4) is 0 Å². The van der Waals surface area contributed by atoms with E-state index in [0.29, 0.717) is 17.7 Å². The van der Waals surface area contributed by atoms with Crippen LogP contribution in [0, 0.1) is 5.82 Å². The number of halogens is 1. The minimum absolute atomic E-state index is 0.125. The van der Waals surface area contributed by atoms with Gasteiger partial charge in [0.1, 0.15) is 5.82 Å². The van der Waals surface area contributed by atoms with Crippen LogP contribution < -0.4 is 10.6 Å². The van der Waals surface area contributed by atoms with Gasteiger partial charge in [-0.05, 0) is 42.8 Å². The molecule has 0 aromatic heterocycles. The minimum Gasteiger partial charge on any atom is -0.347 e. The second kappa shape index (κ2) is 9.32. The number of carbonyl (C=O) groups excluding carboxylic acids is 3. The molecule has 130 valence electrons. The van der Waals surface area contributed by atoms with Crippen molar-refractivity contribution in [3.05, 3.63) is 66.0 Å². The van der Waals surface area contributed by atoms with E-state index in [0.717, 1.165) is 0 Å². The van der Waals surface area contributed by atoms with Gasteiger partial charge >= 0.3 is 0 Å². The molecule has 0 saturated heterocycles. The lowest BCUT2D eigenvalue weighted by molar-refractivity contribution is -0.124. The quantitative estimate of drug-likeness (QED) is 0.724. The van der Waals surface area contributed by atoms with Crippen LogP contribution in [-0.2, 0) is 9.59 Å². The van der Waals surface area contributed by atoms with Crippen LogP contribution in [0.4, 0.5) is 10.1 Å². The molecule has 25 heavy (non-hydrogen) atoms. The molecule has 6 heteroatoms. The zero-order chi connectivity index (χ0) is 18.1. The van der Waals surface area contributed by atoms with Gasteiger partial charge in [0.25, 0.3) is 0 Å². The maximum atomic E-state index is 12.8. The number of hydrogen-bond acceptors (Lipinski definition) is 3. The highest BCUT2D eigenvalue weighted by molar-refractivity contribution is 5.96. The molecular formula is C19H19FN2O3. The fourth-order valence-corrected chi connectivity index (χ4v) is 2.18. The van der Waals surface area contributed by atoms with Gasteiger partial charge < -0.3 is 10.6 Å². The minimum atomic E-state index is -0.398. The summed E-state index contributed by atoms with van der Waals surface area (Å²) in [5.74, 6) is -1.16. The van der Waals surface area contributed by atoms with E-state index in [1.165, 1.54) is 24.3 Å². The molecule has 0 radical (unpaired) electrons. The van der Waals surface area contributed by atoms with Crippen LogP contribution in [0.1, 0.15) is 29.6 Å². The molecule has 0 unspecified atom stereocenters. The van der Waals surface area contributed by atoms with Crippen LogP contribution in [-0.4, -0.2) is 24.1 Å². The largest absolute Gasteiger partial charge is 0.347 e. The Labute approximate surface area is 145 Å². The lowest BCUT2D eigenvalue weighted by Crippen LogP contribution is -2.32. The second-order valence-corrected chi connectivity index (χ2v) is 5.47. The SMILES string of the molecule is O=C(CCCC(=O)c1ccc(F)cc1)NCC(=O)Nc1ccccc1. The fraction of sp³-hybridized carbons (Fsp3) is 0.211. The van der Waals surface area contributed by atoms with Gasteiger partial charge in [-0.25, -0.2) is 4.39 Å². The molecule has 2 aromatic carbocycles. The molecule has 0 bridgehead atoms. The zero-order valence-corrected chi connectivity index (χ0v) is 13.6. The Kier molecular flexibility index (Phi) is 6.83. The topological polar surface area (TPSA) is 75.3 Å². The molecule has 0 saturated carbocycles. The van der Waals surface area contributed by atoms with Gasteiger partial charge in [0.05, 0.1) is 6.54 Å². The normalized spacial score (nSPS) is 10.1. The summed E-state index contributed by atoms with van der Waals surface area (Å²) in [6.07, 6.45) is 0.698. The summed E-state index contributed by atoms with van der Waals surface area (Å²) >= 11 is 0. The number of ketones is 1. The van der Waals surface area contributed by atoms with Crippen LogP contribution in [0.2, 0.25) is 0 Å². The first-order valence-electron chi connectivity index (χ1n) is 7.95. The average molecular weight is 342 g/mol. The Hall–Kier alpha value is -3.02. The first-order chi connectivity index (χ1) is 12.0. The van der Waals surface area contributed by atoms with Crippen LogP contribution in [0.15, 0.2) is 54.6 Å². The highest BCUT2D eigenvalue weighted by Gasteiger charge is 2.09. The number of carbonyl (C=O) groups is 3. The molecule has 0 aliphatic carbocycles. The second-order valence-electron chi connectivity index (χ2n) is 5.47. The van der Waals surface area contributed by atoms with Crippen molar-refractivity contribution in [1.29, 1.82) is 0 Å². The summed E-state index contributed by atoms with van der Waals surface area (Å²) in [5, 5.41) is 5.17. The number of anilines is 1. The van der Waals surface area contributed by atoms with Gasteiger partial charge in [-0.15, -0.1) is 0 Å². The maximum Gasteiger partial charge on any atom is 0.243 e. The van der Waals surface area contributed by atoms with Gasteiger partial charge in [-0.2, -0.15) is 0 Å². The van der Waals surface area contributed by atoms with Crippen molar-refractivity contribution < 1.29 is 18.8 Å². The molecule has 0 atom stereocenters. The molecule has 2 amide bonds. The molecule has 0 fully saturated rings. The van der Waals surface area contributed by atoms with Gasteiger partial charge in [0.15, 0.2) is 5.78 Å². The number of nitrogens with one attached hydrogen (secondary N) is 2. The Morgan fingerprint density at radius 2 is 1.52 bits per heavy atom. The van der Waals surface area contributed by atoms with E-state index in [1.54, 1.807) is 24.3 Å². The van der Waals surface area contributed by atoms with Crippen molar-refractivity contribution in [3.8, 4) is 0 Å². The number of hydrogen-bond donors (Lipinski definition) is 2. The predicted molar refractivity (Wildman–Crippen MR) is 92.7 cm³/mol. The first-order valence-corrected chi connectivity index (χ1v) is 7.95. The van der Waals surface area contributed by atoms with Crippen molar-refractivity contribution in [2.24, 2.45) is 0 Å². The number of rotatable bonds is 8. The number of para-hydroxylation sites is 1. The van der Waals surface area contributed by atoms with Gasteiger partial charge in [-0.3, -0.25) is 14.4 Å². The summed E-state index contributed by atoms with van der Waals surface area (Å²) in [4.78, 5) is 35.3. The molecule has 2 aromatic rings.